The molecule has 8 heteroatoms. The third-order valence-electron chi connectivity index (χ3n) is 15.4. The van der Waals surface area contributed by atoms with Gasteiger partial charge in [0.2, 0.25) is 0 Å². The van der Waals surface area contributed by atoms with Crippen LogP contribution < -0.4 is 0 Å². The van der Waals surface area contributed by atoms with Crippen LogP contribution in [0.1, 0.15) is 128 Å². The lowest BCUT2D eigenvalue weighted by atomic mass is 9.35. The maximum Gasteiger partial charge on any atom is 0.331 e. The van der Waals surface area contributed by atoms with Gasteiger partial charge in [0.1, 0.15) is 12.2 Å². The normalized spacial score (nSPS) is 44.6. The van der Waals surface area contributed by atoms with Crippen molar-refractivity contribution in [3.05, 3.63) is 11.1 Å². The van der Waals surface area contributed by atoms with Crippen LogP contribution in [0.2, 0.25) is 0 Å². The molecule has 5 aliphatic carbocycles. The van der Waals surface area contributed by atoms with E-state index in [4.69, 9.17) is 9.47 Å². The molecule has 5 saturated carbocycles. The van der Waals surface area contributed by atoms with Crippen molar-refractivity contribution in [2.45, 2.75) is 152 Å². The Labute approximate surface area is 282 Å². The van der Waals surface area contributed by atoms with E-state index in [0.29, 0.717) is 36.3 Å². The van der Waals surface area contributed by atoms with Gasteiger partial charge in [-0.2, -0.15) is 0 Å². The van der Waals surface area contributed by atoms with Gasteiger partial charge in [-0.1, -0.05) is 75.7 Å². The summed E-state index contributed by atoms with van der Waals surface area (Å²) in [4.78, 5) is 39.4. The predicted octanol–water partition coefficient (Wildman–Crippen LogP) is 6.95. The second-order valence-corrected chi connectivity index (χ2v) is 18.4. The van der Waals surface area contributed by atoms with Crippen LogP contribution in [-0.2, 0) is 23.9 Å². The average molecular weight is 659 g/mol. The Bertz CT molecular complexity index is 1300. The molecule has 0 spiro atoms. The quantitative estimate of drug-likeness (QED) is 0.189. The largest absolute Gasteiger partial charge is 0.478 e. The van der Waals surface area contributed by atoms with E-state index >= 15 is 0 Å². The molecule has 5 fully saturated rings. The molecule has 0 aromatic carbocycles. The van der Waals surface area contributed by atoms with Crippen LogP contribution in [0.15, 0.2) is 11.1 Å². The van der Waals surface area contributed by atoms with Gasteiger partial charge in [0, 0.05) is 23.8 Å². The van der Waals surface area contributed by atoms with Gasteiger partial charge in [0.05, 0.1) is 18.1 Å². The number of rotatable bonds is 8. The van der Waals surface area contributed by atoms with Crippen LogP contribution in [-0.4, -0.2) is 57.6 Å². The number of ether oxygens (including phenoxy) is 2. The van der Waals surface area contributed by atoms with Crippen LogP contribution >= 0.6 is 0 Å². The van der Waals surface area contributed by atoms with Gasteiger partial charge < -0.3 is 24.8 Å². The lowest BCUT2D eigenvalue weighted by molar-refractivity contribution is -0.289. The van der Waals surface area contributed by atoms with Crippen molar-refractivity contribution in [2.24, 2.45) is 62.6 Å². The molecular formula is C39H62O8. The molecule has 0 amide bonds. The first-order chi connectivity index (χ1) is 21.6. The Balaban J connectivity index is 1.63. The van der Waals surface area contributed by atoms with E-state index in [1.165, 1.54) is 6.92 Å². The first-order valence-corrected chi connectivity index (χ1v) is 18.3. The van der Waals surface area contributed by atoms with Crippen molar-refractivity contribution >= 4 is 17.9 Å². The van der Waals surface area contributed by atoms with Crippen molar-refractivity contribution in [1.29, 1.82) is 0 Å². The maximum atomic E-state index is 14.0. The number of fused-ring (bicyclic) bond motifs is 5. The molecule has 0 heterocycles. The molecule has 11 atom stereocenters. The van der Waals surface area contributed by atoms with Crippen LogP contribution in [0, 0.1) is 62.6 Å². The van der Waals surface area contributed by atoms with Crippen molar-refractivity contribution in [3.63, 3.8) is 0 Å². The highest BCUT2D eigenvalue weighted by atomic mass is 16.6. The SMILES string of the molecule is CC(=O)OC1CC2(C)C(CCC3C4(C)CCC(O)C(C)C4C(OC(=O)C4C(C)(C)C4(C)C)C(O)C32C)/C1=C(\CCCC(C)C)C(=O)O. The van der Waals surface area contributed by atoms with Gasteiger partial charge in [-0.05, 0) is 95.9 Å². The van der Waals surface area contributed by atoms with Crippen LogP contribution in [0.3, 0.4) is 0 Å². The second kappa shape index (κ2) is 11.8. The summed E-state index contributed by atoms with van der Waals surface area (Å²) in [6, 6.07) is 0. The van der Waals surface area contributed by atoms with Crippen LogP contribution in [0.5, 0.6) is 0 Å². The number of hydrogen-bond acceptors (Lipinski definition) is 7. The zero-order valence-corrected chi connectivity index (χ0v) is 30.8. The minimum absolute atomic E-state index is 0.0292. The number of hydrogen-bond donors (Lipinski definition) is 3. The number of carbonyl (C=O) groups excluding carboxylic acids is 2. The number of carboxylic acid groups (broad SMARTS) is 1. The summed E-state index contributed by atoms with van der Waals surface area (Å²) in [6.45, 7) is 22.5. The average Bonchev–Trinajstić information content (AvgIpc) is 3.18. The molecule has 3 N–H and O–H groups in total. The second-order valence-electron chi connectivity index (χ2n) is 18.4. The van der Waals surface area contributed by atoms with Gasteiger partial charge >= 0.3 is 17.9 Å². The summed E-state index contributed by atoms with van der Waals surface area (Å²) in [5.74, 6) is -2.16. The molecule has 5 aliphatic rings. The van der Waals surface area contributed by atoms with Gasteiger partial charge in [-0.15, -0.1) is 0 Å². The topological polar surface area (TPSA) is 130 Å². The summed E-state index contributed by atoms with van der Waals surface area (Å²) < 4.78 is 12.5. The van der Waals surface area contributed by atoms with E-state index in [2.05, 4.69) is 62.3 Å². The highest BCUT2D eigenvalue weighted by Gasteiger charge is 2.75. The summed E-state index contributed by atoms with van der Waals surface area (Å²) >= 11 is 0. The van der Waals surface area contributed by atoms with Crippen LogP contribution in [0.4, 0.5) is 0 Å². The molecule has 0 saturated heterocycles. The number of esters is 2. The third kappa shape index (κ3) is 5.23. The standard InChI is InChI=1S/C39H62O8/c1-20(2)13-12-14-23(33(43)44)28-24-15-16-27-37(9)18-17-25(41)21(3)29(37)30(47-34(45)31-35(5,6)36(31,7)8)32(42)39(27,11)38(24,10)19-26(28)46-22(4)40/h20-21,24-27,29-32,41-42H,12-19H2,1-11H3,(H,43,44)/b28-23-. The molecule has 47 heavy (non-hydrogen) atoms. The van der Waals surface area contributed by atoms with E-state index in [-0.39, 0.29) is 51.8 Å². The molecule has 11 unspecified atom stereocenters. The number of carboxylic acids is 1. The number of aliphatic hydroxyl groups is 2. The van der Waals surface area contributed by atoms with E-state index in [0.717, 1.165) is 32.1 Å². The zero-order valence-electron chi connectivity index (χ0n) is 30.8. The van der Waals surface area contributed by atoms with E-state index in [9.17, 15) is 29.7 Å². The lowest BCUT2D eigenvalue weighted by Gasteiger charge is -2.70. The highest BCUT2D eigenvalue weighted by Crippen LogP contribution is 2.75. The molecule has 0 aromatic rings. The summed E-state index contributed by atoms with van der Waals surface area (Å²) in [6.07, 6.45) is 2.19. The summed E-state index contributed by atoms with van der Waals surface area (Å²) in [5.41, 5.74) is -1.17. The van der Waals surface area contributed by atoms with E-state index < -0.39 is 47.2 Å². The molecule has 0 bridgehead atoms. The Morgan fingerprint density at radius 1 is 0.936 bits per heavy atom. The van der Waals surface area contributed by atoms with Gasteiger partial charge in [-0.3, -0.25) is 9.59 Å². The van der Waals surface area contributed by atoms with Gasteiger partial charge in [0.15, 0.2) is 0 Å². The van der Waals surface area contributed by atoms with Crippen molar-refractivity contribution in [1.82, 2.24) is 0 Å². The zero-order chi connectivity index (χ0) is 35.2. The van der Waals surface area contributed by atoms with Gasteiger partial charge in [-0.25, -0.2) is 4.79 Å². The van der Waals surface area contributed by atoms with Crippen molar-refractivity contribution in [2.75, 3.05) is 0 Å². The minimum atomic E-state index is -1.05. The third-order valence-corrected chi connectivity index (χ3v) is 15.4. The minimum Gasteiger partial charge on any atom is -0.478 e. The Hall–Kier alpha value is -1.93. The first kappa shape index (κ1) is 36.4. The van der Waals surface area contributed by atoms with Crippen LogP contribution in [0.25, 0.3) is 0 Å². The maximum absolute atomic E-state index is 14.0. The van der Waals surface area contributed by atoms with E-state index in [1.54, 1.807) is 0 Å². The summed E-state index contributed by atoms with van der Waals surface area (Å²) in [5, 5.41) is 34.5. The number of carbonyl (C=O) groups is 3. The smallest absolute Gasteiger partial charge is 0.331 e. The predicted molar refractivity (Wildman–Crippen MR) is 179 cm³/mol. The molecule has 5 rings (SSSR count). The lowest BCUT2D eigenvalue weighted by Crippen LogP contribution is -2.72. The molecular weight excluding hydrogens is 596 g/mol. The van der Waals surface area contributed by atoms with Crippen molar-refractivity contribution in [3.8, 4) is 0 Å². The molecule has 266 valence electrons. The molecule has 0 radical (unpaired) electrons. The summed E-state index contributed by atoms with van der Waals surface area (Å²) in [7, 11) is 0. The highest BCUT2D eigenvalue weighted by molar-refractivity contribution is 5.88. The molecule has 0 aromatic heterocycles. The number of aliphatic carboxylic acids is 1. The Morgan fingerprint density at radius 3 is 2.09 bits per heavy atom. The Morgan fingerprint density at radius 2 is 1.55 bits per heavy atom. The fourth-order valence-corrected chi connectivity index (χ4v) is 12.1. The molecule has 8 nitrogen and oxygen atoms in total. The van der Waals surface area contributed by atoms with Gasteiger partial charge in [0.25, 0.3) is 0 Å². The van der Waals surface area contributed by atoms with Crippen molar-refractivity contribution < 1.29 is 39.2 Å². The Kier molecular flexibility index (Phi) is 9.16. The monoisotopic (exact) mass is 658 g/mol. The fraction of sp³-hybridized carbons (Fsp3) is 0.872. The molecule has 0 aliphatic heterocycles. The fourth-order valence-electron chi connectivity index (χ4n) is 12.1. The number of aliphatic hydroxyl groups excluding tert-OH is 2. The van der Waals surface area contributed by atoms with E-state index in [1.807, 2.05) is 6.92 Å². The first-order valence-electron chi connectivity index (χ1n) is 18.3.